The topological polar surface area (TPSA) is 25.8 Å². The molecule has 2 aromatic rings. The summed E-state index contributed by atoms with van der Waals surface area (Å²) in [6.45, 7) is 0. The van der Waals surface area contributed by atoms with Crippen LogP contribution >= 0.6 is 22.6 Å². The standard InChI is InChI=1S/C10H7IN2/c11-10-4-3-9(7-13-10)8-2-1-5-12-6-8/h1-7H. The van der Waals surface area contributed by atoms with Gasteiger partial charge in [-0.25, -0.2) is 4.98 Å². The predicted octanol–water partition coefficient (Wildman–Crippen LogP) is 2.75. The molecule has 3 heteroatoms. The van der Waals surface area contributed by atoms with Gasteiger partial charge in [0, 0.05) is 29.7 Å². The second-order valence-corrected chi connectivity index (χ2v) is 3.72. The van der Waals surface area contributed by atoms with Crippen LogP contribution < -0.4 is 0 Å². The molecule has 0 bridgehead atoms. The zero-order valence-electron chi connectivity index (χ0n) is 6.81. The van der Waals surface area contributed by atoms with Gasteiger partial charge < -0.3 is 0 Å². The van der Waals surface area contributed by atoms with E-state index in [4.69, 9.17) is 0 Å². The van der Waals surface area contributed by atoms with Gasteiger partial charge in [-0.05, 0) is 34.7 Å². The van der Waals surface area contributed by atoms with Gasteiger partial charge >= 0.3 is 0 Å². The lowest BCUT2D eigenvalue weighted by Gasteiger charge is -1.98. The van der Waals surface area contributed by atoms with E-state index in [9.17, 15) is 0 Å². The molecule has 2 nitrogen and oxygen atoms in total. The van der Waals surface area contributed by atoms with Gasteiger partial charge in [-0.3, -0.25) is 4.98 Å². The zero-order valence-corrected chi connectivity index (χ0v) is 8.97. The van der Waals surface area contributed by atoms with Crippen molar-refractivity contribution in [2.75, 3.05) is 0 Å². The maximum Gasteiger partial charge on any atom is 0.101 e. The zero-order chi connectivity index (χ0) is 9.10. The molecule has 2 rings (SSSR count). The van der Waals surface area contributed by atoms with Crippen LogP contribution in [0, 0.1) is 3.70 Å². The first-order valence-electron chi connectivity index (χ1n) is 3.88. The first-order chi connectivity index (χ1) is 6.36. The molecule has 0 saturated heterocycles. The van der Waals surface area contributed by atoms with Crippen LogP contribution in [0.3, 0.4) is 0 Å². The maximum atomic E-state index is 4.21. The third-order valence-electron chi connectivity index (χ3n) is 1.72. The third kappa shape index (κ3) is 2.03. The highest BCUT2D eigenvalue weighted by atomic mass is 127. The monoisotopic (exact) mass is 282 g/mol. The molecule has 0 aliphatic carbocycles. The highest BCUT2D eigenvalue weighted by Crippen LogP contribution is 2.16. The Morgan fingerprint density at radius 1 is 1.00 bits per heavy atom. The molecule has 0 saturated carbocycles. The number of rotatable bonds is 1. The lowest BCUT2D eigenvalue weighted by molar-refractivity contribution is 1.26. The highest BCUT2D eigenvalue weighted by Gasteiger charge is 1.96. The normalized spacial score (nSPS) is 9.92. The number of hydrogen-bond donors (Lipinski definition) is 0. The fourth-order valence-corrected chi connectivity index (χ4v) is 1.40. The fraction of sp³-hybridized carbons (Fsp3) is 0. The van der Waals surface area contributed by atoms with Crippen LogP contribution in [0.1, 0.15) is 0 Å². The van der Waals surface area contributed by atoms with Crippen molar-refractivity contribution in [3.05, 3.63) is 46.6 Å². The van der Waals surface area contributed by atoms with E-state index < -0.39 is 0 Å². The molecule has 0 radical (unpaired) electrons. The van der Waals surface area contributed by atoms with Gasteiger partial charge in [0.25, 0.3) is 0 Å². The number of nitrogens with zero attached hydrogens (tertiary/aromatic N) is 2. The van der Waals surface area contributed by atoms with E-state index in [1.807, 2.05) is 36.7 Å². The van der Waals surface area contributed by atoms with Crippen LogP contribution in [-0.2, 0) is 0 Å². The van der Waals surface area contributed by atoms with Crippen LogP contribution in [0.5, 0.6) is 0 Å². The average molecular weight is 282 g/mol. The van der Waals surface area contributed by atoms with Crippen molar-refractivity contribution in [3.63, 3.8) is 0 Å². The molecular weight excluding hydrogens is 275 g/mol. The van der Waals surface area contributed by atoms with E-state index in [0.29, 0.717) is 0 Å². The third-order valence-corrected chi connectivity index (χ3v) is 2.36. The van der Waals surface area contributed by atoms with E-state index in [0.717, 1.165) is 14.8 Å². The Morgan fingerprint density at radius 3 is 2.46 bits per heavy atom. The van der Waals surface area contributed by atoms with E-state index >= 15 is 0 Å². The molecule has 13 heavy (non-hydrogen) atoms. The van der Waals surface area contributed by atoms with Crippen molar-refractivity contribution < 1.29 is 0 Å². The van der Waals surface area contributed by atoms with Gasteiger partial charge in [0.15, 0.2) is 0 Å². The van der Waals surface area contributed by atoms with Crippen LogP contribution in [-0.4, -0.2) is 9.97 Å². The van der Waals surface area contributed by atoms with Crippen LogP contribution in [0.15, 0.2) is 42.9 Å². The largest absolute Gasteiger partial charge is 0.264 e. The lowest BCUT2D eigenvalue weighted by Crippen LogP contribution is -1.82. The lowest BCUT2D eigenvalue weighted by atomic mass is 10.1. The van der Waals surface area contributed by atoms with Crippen molar-refractivity contribution in [2.24, 2.45) is 0 Å². The molecule has 0 fully saturated rings. The number of halogens is 1. The molecule has 0 amide bonds. The summed E-state index contributed by atoms with van der Waals surface area (Å²) in [5.74, 6) is 0. The van der Waals surface area contributed by atoms with Crippen molar-refractivity contribution in [1.29, 1.82) is 0 Å². The molecule has 0 spiro atoms. The summed E-state index contributed by atoms with van der Waals surface area (Å²) in [4.78, 5) is 8.27. The Bertz CT molecular complexity index is 383. The number of pyridine rings is 2. The highest BCUT2D eigenvalue weighted by molar-refractivity contribution is 14.1. The van der Waals surface area contributed by atoms with E-state index in [2.05, 4.69) is 32.6 Å². The van der Waals surface area contributed by atoms with Gasteiger partial charge in [-0.1, -0.05) is 12.1 Å². The summed E-state index contributed by atoms with van der Waals surface area (Å²) >= 11 is 2.19. The molecule has 2 aromatic heterocycles. The molecule has 0 aromatic carbocycles. The smallest absolute Gasteiger partial charge is 0.101 e. The van der Waals surface area contributed by atoms with Crippen molar-refractivity contribution in [3.8, 4) is 11.1 Å². The van der Waals surface area contributed by atoms with Crippen LogP contribution in [0.2, 0.25) is 0 Å². The first kappa shape index (κ1) is 8.62. The molecular formula is C10H7IN2. The average Bonchev–Trinajstić information content (AvgIpc) is 2.20. The van der Waals surface area contributed by atoms with E-state index in [1.54, 1.807) is 6.20 Å². The number of hydrogen-bond acceptors (Lipinski definition) is 2. The van der Waals surface area contributed by atoms with Crippen LogP contribution in [0.25, 0.3) is 11.1 Å². The number of aromatic nitrogens is 2. The SMILES string of the molecule is Ic1ccc(-c2cccnc2)cn1. The summed E-state index contributed by atoms with van der Waals surface area (Å²) in [6, 6.07) is 7.98. The Kier molecular flexibility index (Phi) is 2.54. The summed E-state index contributed by atoms with van der Waals surface area (Å²) in [5, 5.41) is 0. The molecule has 2 heterocycles. The van der Waals surface area contributed by atoms with Gasteiger partial charge in [0.1, 0.15) is 3.70 Å². The van der Waals surface area contributed by atoms with E-state index in [1.165, 1.54) is 0 Å². The summed E-state index contributed by atoms with van der Waals surface area (Å²) in [5.41, 5.74) is 2.21. The van der Waals surface area contributed by atoms with Gasteiger partial charge in [0.05, 0.1) is 0 Å². The summed E-state index contributed by atoms with van der Waals surface area (Å²) < 4.78 is 1.00. The molecule has 0 unspecified atom stereocenters. The van der Waals surface area contributed by atoms with Crippen molar-refractivity contribution in [2.45, 2.75) is 0 Å². The van der Waals surface area contributed by atoms with Gasteiger partial charge in [-0.15, -0.1) is 0 Å². The Balaban J connectivity index is 2.42. The quantitative estimate of drug-likeness (QED) is 0.593. The van der Waals surface area contributed by atoms with Crippen molar-refractivity contribution >= 4 is 22.6 Å². The minimum Gasteiger partial charge on any atom is -0.264 e. The van der Waals surface area contributed by atoms with E-state index in [-0.39, 0.29) is 0 Å². The Labute approximate surface area is 90.2 Å². The first-order valence-corrected chi connectivity index (χ1v) is 4.96. The van der Waals surface area contributed by atoms with Gasteiger partial charge in [0.2, 0.25) is 0 Å². The minimum atomic E-state index is 1.00. The second-order valence-electron chi connectivity index (χ2n) is 2.61. The predicted molar refractivity (Wildman–Crippen MR) is 60.2 cm³/mol. The molecule has 64 valence electrons. The molecule has 0 atom stereocenters. The molecule has 0 aliphatic heterocycles. The maximum absolute atomic E-state index is 4.21. The van der Waals surface area contributed by atoms with Crippen LogP contribution in [0.4, 0.5) is 0 Å². The summed E-state index contributed by atoms with van der Waals surface area (Å²) in [6.07, 6.45) is 5.46. The Morgan fingerprint density at radius 2 is 1.85 bits per heavy atom. The molecule has 0 N–H and O–H groups in total. The minimum absolute atomic E-state index is 1.00. The van der Waals surface area contributed by atoms with Gasteiger partial charge in [-0.2, -0.15) is 0 Å². The summed E-state index contributed by atoms with van der Waals surface area (Å²) in [7, 11) is 0. The second kappa shape index (κ2) is 3.83. The fourth-order valence-electron chi connectivity index (χ4n) is 1.08. The Hall–Kier alpha value is -0.970. The molecule has 0 aliphatic rings. The van der Waals surface area contributed by atoms with Crippen molar-refractivity contribution in [1.82, 2.24) is 9.97 Å².